The van der Waals surface area contributed by atoms with Gasteiger partial charge in [-0.15, -0.1) is 0 Å². The van der Waals surface area contributed by atoms with Gasteiger partial charge in [-0.1, -0.05) is 15.9 Å². The first-order chi connectivity index (χ1) is 8.97. The van der Waals surface area contributed by atoms with Crippen molar-refractivity contribution in [3.05, 3.63) is 62.3 Å². The van der Waals surface area contributed by atoms with E-state index in [9.17, 15) is 8.78 Å². The van der Waals surface area contributed by atoms with Crippen LogP contribution in [0.1, 0.15) is 17.3 Å². The van der Waals surface area contributed by atoms with E-state index in [1.165, 1.54) is 12.1 Å². The summed E-state index contributed by atoms with van der Waals surface area (Å²) in [5.74, 6) is -1.31. The number of pyridine rings is 1. The molecule has 0 aliphatic rings. The lowest BCUT2D eigenvalue weighted by atomic mass is 10.0. The Hall–Kier alpha value is -0.850. The van der Waals surface area contributed by atoms with Crippen LogP contribution in [0.4, 0.5) is 8.78 Å². The molecule has 0 amide bonds. The number of nitrogens with two attached hydrogens (primary N) is 1. The van der Waals surface area contributed by atoms with Gasteiger partial charge in [-0.05, 0) is 40.2 Å². The summed E-state index contributed by atoms with van der Waals surface area (Å²) < 4.78 is 28.7. The van der Waals surface area contributed by atoms with Crippen LogP contribution in [0.5, 0.6) is 0 Å². The molecule has 2 aromatic rings. The SMILES string of the molecule is NC(Cc1ccc(Br)cn1)c1c(F)cc(Br)cc1F. The highest BCUT2D eigenvalue weighted by molar-refractivity contribution is 9.10. The van der Waals surface area contributed by atoms with E-state index in [-0.39, 0.29) is 12.0 Å². The van der Waals surface area contributed by atoms with Crippen LogP contribution in [-0.2, 0) is 6.42 Å². The lowest BCUT2D eigenvalue weighted by Crippen LogP contribution is -2.17. The third-order valence-electron chi connectivity index (χ3n) is 2.63. The fourth-order valence-electron chi connectivity index (χ4n) is 1.76. The summed E-state index contributed by atoms with van der Waals surface area (Å²) in [5.41, 5.74) is 6.43. The molecular weight excluding hydrogens is 382 g/mol. The van der Waals surface area contributed by atoms with Crippen LogP contribution < -0.4 is 5.73 Å². The van der Waals surface area contributed by atoms with Crippen LogP contribution in [0.15, 0.2) is 39.4 Å². The summed E-state index contributed by atoms with van der Waals surface area (Å²) in [6.45, 7) is 0. The topological polar surface area (TPSA) is 38.9 Å². The fraction of sp³-hybridized carbons (Fsp3) is 0.154. The van der Waals surface area contributed by atoms with E-state index in [1.54, 1.807) is 12.3 Å². The van der Waals surface area contributed by atoms with Crippen molar-refractivity contribution in [3.8, 4) is 0 Å². The highest BCUT2D eigenvalue weighted by Crippen LogP contribution is 2.25. The molecule has 0 saturated heterocycles. The van der Waals surface area contributed by atoms with E-state index in [0.29, 0.717) is 10.2 Å². The second-order valence-electron chi connectivity index (χ2n) is 4.06. The molecule has 1 heterocycles. The monoisotopic (exact) mass is 390 g/mol. The maximum Gasteiger partial charge on any atom is 0.132 e. The van der Waals surface area contributed by atoms with Gasteiger partial charge in [0.2, 0.25) is 0 Å². The first-order valence-electron chi connectivity index (χ1n) is 5.48. The van der Waals surface area contributed by atoms with Crippen molar-refractivity contribution in [1.82, 2.24) is 4.98 Å². The summed E-state index contributed by atoms with van der Waals surface area (Å²) in [6.07, 6.45) is 1.89. The van der Waals surface area contributed by atoms with Gasteiger partial charge in [0.25, 0.3) is 0 Å². The van der Waals surface area contributed by atoms with Crippen LogP contribution in [0.25, 0.3) is 0 Å². The Labute approximate surface area is 126 Å². The second-order valence-corrected chi connectivity index (χ2v) is 5.89. The molecule has 1 atom stereocenters. The predicted molar refractivity (Wildman–Crippen MR) is 76.6 cm³/mol. The van der Waals surface area contributed by atoms with Crippen LogP contribution in [0, 0.1) is 11.6 Å². The molecule has 0 radical (unpaired) electrons. The fourth-order valence-corrected chi connectivity index (χ4v) is 2.40. The molecule has 1 aromatic carbocycles. The quantitative estimate of drug-likeness (QED) is 0.854. The maximum atomic E-state index is 13.8. The van der Waals surface area contributed by atoms with Gasteiger partial charge in [0.1, 0.15) is 11.6 Å². The predicted octanol–water partition coefficient (Wildman–Crippen LogP) is 4.13. The number of aromatic nitrogens is 1. The molecule has 19 heavy (non-hydrogen) atoms. The number of benzene rings is 1. The highest BCUT2D eigenvalue weighted by Gasteiger charge is 2.18. The number of hydrogen-bond donors (Lipinski definition) is 1. The van der Waals surface area contributed by atoms with Crippen molar-refractivity contribution >= 4 is 31.9 Å². The zero-order valence-electron chi connectivity index (χ0n) is 9.71. The van der Waals surface area contributed by atoms with Crippen molar-refractivity contribution in [1.29, 1.82) is 0 Å². The molecule has 100 valence electrons. The number of halogens is 4. The summed E-state index contributed by atoms with van der Waals surface area (Å²) in [7, 11) is 0. The van der Waals surface area contributed by atoms with Gasteiger partial charge in [-0.25, -0.2) is 8.78 Å². The van der Waals surface area contributed by atoms with E-state index in [4.69, 9.17) is 5.73 Å². The Kier molecular flexibility index (Phi) is 4.65. The Morgan fingerprint density at radius 1 is 1.11 bits per heavy atom. The van der Waals surface area contributed by atoms with Crippen molar-refractivity contribution in [2.75, 3.05) is 0 Å². The van der Waals surface area contributed by atoms with E-state index in [2.05, 4.69) is 36.8 Å². The second kappa shape index (κ2) is 6.07. The Bertz CT molecular complexity index is 565. The standard InChI is InChI=1S/C13H10Br2F2N2/c14-7-1-2-9(19-6-7)5-12(18)13-10(16)3-8(15)4-11(13)17/h1-4,6,12H,5,18H2. The van der Waals surface area contributed by atoms with Crippen molar-refractivity contribution in [2.45, 2.75) is 12.5 Å². The van der Waals surface area contributed by atoms with Gasteiger partial charge in [0.15, 0.2) is 0 Å². The largest absolute Gasteiger partial charge is 0.323 e. The van der Waals surface area contributed by atoms with Gasteiger partial charge >= 0.3 is 0 Å². The summed E-state index contributed by atoms with van der Waals surface area (Å²) >= 11 is 6.30. The highest BCUT2D eigenvalue weighted by atomic mass is 79.9. The summed E-state index contributed by atoms with van der Waals surface area (Å²) in [5, 5.41) is 0. The Balaban J connectivity index is 2.25. The third-order valence-corrected chi connectivity index (χ3v) is 3.56. The molecule has 2 rings (SSSR count). The van der Waals surface area contributed by atoms with Gasteiger partial charge < -0.3 is 5.73 Å². The summed E-state index contributed by atoms with van der Waals surface area (Å²) in [4.78, 5) is 4.14. The molecule has 0 spiro atoms. The summed E-state index contributed by atoms with van der Waals surface area (Å²) in [6, 6.07) is 5.20. The molecule has 0 fully saturated rings. The molecule has 0 saturated carbocycles. The van der Waals surface area contributed by atoms with Gasteiger partial charge in [0, 0.05) is 38.9 Å². The lowest BCUT2D eigenvalue weighted by Gasteiger charge is -2.14. The molecule has 0 bridgehead atoms. The van der Waals surface area contributed by atoms with Gasteiger partial charge in [0.05, 0.1) is 0 Å². The Morgan fingerprint density at radius 2 is 1.74 bits per heavy atom. The smallest absolute Gasteiger partial charge is 0.132 e. The third kappa shape index (κ3) is 3.58. The molecule has 2 N–H and O–H groups in total. The minimum absolute atomic E-state index is 0.118. The first kappa shape index (κ1) is 14.6. The van der Waals surface area contributed by atoms with E-state index < -0.39 is 17.7 Å². The molecule has 6 heteroatoms. The number of nitrogens with zero attached hydrogens (tertiary/aromatic N) is 1. The normalized spacial score (nSPS) is 12.5. The van der Waals surface area contributed by atoms with Crippen LogP contribution in [0.2, 0.25) is 0 Å². The van der Waals surface area contributed by atoms with Crippen LogP contribution in [0.3, 0.4) is 0 Å². The molecule has 1 unspecified atom stereocenters. The van der Waals surface area contributed by atoms with Crippen molar-refractivity contribution in [2.24, 2.45) is 5.73 Å². The van der Waals surface area contributed by atoms with Crippen LogP contribution in [-0.4, -0.2) is 4.98 Å². The molecule has 0 aliphatic heterocycles. The molecule has 2 nitrogen and oxygen atoms in total. The van der Waals surface area contributed by atoms with Crippen LogP contribution >= 0.6 is 31.9 Å². The maximum absolute atomic E-state index is 13.8. The molecule has 1 aromatic heterocycles. The van der Waals surface area contributed by atoms with E-state index >= 15 is 0 Å². The average Bonchev–Trinajstić information content (AvgIpc) is 2.30. The zero-order valence-corrected chi connectivity index (χ0v) is 12.9. The molecule has 0 aliphatic carbocycles. The first-order valence-corrected chi connectivity index (χ1v) is 7.06. The van der Waals surface area contributed by atoms with E-state index in [0.717, 1.165) is 4.47 Å². The number of hydrogen-bond acceptors (Lipinski definition) is 2. The molecular formula is C13H10Br2F2N2. The van der Waals surface area contributed by atoms with Gasteiger partial charge in [-0.2, -0.15) is 0 Å². The number of rotatable bonds is 3. The van der Waals surface area contributed by atoms with Crippen molar-refractivity contribution < 1.29 is 8.78 Å². The minimum Gasteiger partial charge on any atom is -0.323 e. The Morgan fingerprint density at radius 3 is 2.26 bits per heavy atom. The minimum atomic E-state index is -0.776. The average molecular weight is 392 g/mol. The van der Waals surface area contributed by atoms with Crippen molar-refractivity contribution in [3.63, 3.8) is 0 Å². The lowest BCUT2D eigenvalue weighted by molar-refractivity contribution is 0.522. The zero-order chi connectivity index (χ0) is 14.0. The van der Waals surface area contributed by atoms with Gasteiger partial charge in [-0.3, -0.25) is 4.98 Å². The van der Waals surface area contributed by atoms with E-state index in [1.807, 2.05) is 6.07 Å².